The van der Waals surface area contributed by atoms with Crippen molar-refractivity contribution in [2.75, 3.05) is 40.9 Å². The van der Waals surface area contributed by atoms with Crippen molar-refractivity contribution in [3.63, 3.8) is 0 Å². The van der Waals surface area contributed by atoms with E-state index in [2.05, 4.69) is 116 Å². The average molecular weight is 970 g/mol. The van der Waals surface area contributed by atoms with Crippen LogP contribution in [0.1, 0.15) is 219 Å². The molecule has 1 amide bonds. The van der Waals surface area contributed by atoms with E-state index in [1.165, 1.54) is 103 Å². The SMILES string of the molecule is CC/C=C\C/C=C\C/C=C\C/C=C\C/C=C\C/C=C\C/C=C\C/C=C\CCCCCCCCCCCCCCCCC(=O)NC(COP(=O)(O)OCC[N+](C)(C)C)C(O)CCCCCCCCC. The van der Waals surface area contributed by atoms with Crippen LogP contribution in [0, 0.1) is 0 Å². The fourth-order valence-electron chi connectivity index (χ4n) is 7.53. The van der Waals surface area contributed by atoms with Crippen LogP contribution in [0.5, 0.6) is 0 Å². The van der Waals surface area contributed by atoms with Crippen LogP contribution in [-0.4, -0.2) is 73.4 Å². The van der Waals surface area contributed by atoms with Gasteiger partial charge >= 0.3 is 7.82 Å². The van der Waals surface area contributed by atoms with E-state index in [1.807, 2.05) is 21.1 Å². The van der Waals surface area contributed by atoms with Gasteiger partial charge in [0.15, 0.2) is 0 Å². The molecule has 3 N–H and O–H groups in total. The summed E-state index contributed by atoms with van der Waals surface area (Å²) in [6.45, 7) is 4.71. The van der Waals surface area contributed by atoms with Gasteiger partial charge in [0.1, 0.15) is 13.2 Å². The van der Waals surface area contributed by atoms with Gasteiger partial charge in [-0.05, 0) is 77.0 Å². The number of nitrogens with one attached hydrogen (secondary N) is 1. The number of hydrogen-bond acceptors (Lipinski definition) is 5. The van der Waals surface area contributed by atoms with E-state index in [1.54, 1.807) is 0 Å². The molecule has 0 bridgehead atoms. The topological polar surface area (TPSA) is 105 Å². The number of phosphoric ester groups is 1. The van der Waals surface area contributed by atoms with Crippen molar-refractivity contribution in [2.24, 2.45) is 0 Å². The summed E-state index contributed by atoms with van der Waals surface area (Å²) in [6.07, 6.45) is 70.7. The van der Waals surface area contributed by atoms with Gasteiger partial charge in [-0.25, -0.2) is 4.57 Å². The summed E-state index contributed by atoms with van der Waals surface area (Å²) < 4.78 is 23.6. The molecule has 0 radical (unpaired) electrons. The molecule has 0 aromatic heterocycles. The summed E-state index contributed by atoms with van der Waals surface area (Å²) in [6, 6.07) is -0.762. The van der Waals surface area contributed by atoms with Gasteiger partial charge in [-0.1, -0.05) is 233 Å². The lowest BCUT2D eigenvalue weighted by Crippen LogP contribution is -2.46. The zero-order valence-corrected chi connectivity index (χ0v) is 45.5. The van der Waals surface area contributed by atoms with Crippen molar-refractivity contribution in [1.29, 1.82) is 0 Å². The van der Waals surface area contributed by atoms with Gasteiger partial charge in [0, 0.05) is 6.42 Å². The highest BCUT2D eigenvalue weighted by Gasteiger charge is 2.28. The highest BCUT2D eigenvalue weighted by Crippen LogP contribution is 2.43. The number of hydrogen-bond donors (Lipinski definition) is 3. The van der Waals surface area contributed by atoms with E-state index in [0.29, 0.717) is 23.9 Å². The van der Waals surface area contributed by atoms with Crippen LogP contribution >= 0.6 is 7.82 Å². The predicted octanol–water partition coefficient (Wildman–Crippen LogP) is 16.6. The lowest BCUT2D eigenvalue weighted by Gasteiger charge is -2.26. The highest BCUT2D eigenvalue weighted by molar-refractivity contribution is 7.47. The van der Waals surface area contributed by atoms with Crippen molar-refractivity contribution >= 4 is 13.7 Å². The fraction of sp³-hybridized carbons (Fsp3) is 0.712. The Kier molecular flexibility index (Phi) is 47.5. The molecule has 0 rings (SSSR count). The van der Waals surface area contributed by atoms with Crippen LogP contribution in [0.4, 0.5) is 0 Å². The van der Waals surface area contributed by atoms with Crippen molar-refractivity contribution in [3.8, 4) is 0 Å². The number of nitrogens with zero attached hydrogens (tertiary/aromatic N) is 1. The molecule has 0 aromatic carbocycles. The molecular formula is C59H106N2O6P+. The molecule has 0 saturated carbocycles. The Hall–Kier alpha value is -2.58. The number of amides is 1. The number of carbonyl (C=O) groups excluding carboxylic acids is 1. The summed E-state index contributed by atoms with van der Waals surface area (Å²) in [5.41, 5.74) is 0. The maximum atomic E-state index is 12.9. The van der Waals surface area contributed by atoms with Crippen molar-refractivity contribution in [2.45, 2.75) is 231 Å². The summed E-state index contributed by atoms with van der Waals surface area (Å²) in [5.74, 6) is -0.153. The zero-order chi connectivity index (χ0) is 49.9. The fourth-order valence-corrected chi connectivity index (χ4v) is 8.27. The molecule has 0 heterocycles. The minimum absolute atomic E-state index is 0.0711. The Morgan fingerprint density at radius 3 is 1.29 bits per heavy atom. The van der Waals surface area contributed by atoms with Gasteiger partial charge in [-0.3, -0.25) is 13.8 Å². The molecule has 3 atom stereocenters. The monoisotopic (exact) mass is 970 g/mol. The summed E-state index contributed by atoms with van der Waals surface area (Å²) in [4.78, 5) is 23.1. The van der Waals surface area contributed by atoms with Crippen LogP contribution in [-0.2, 0) is 18.4 Å². The molecule has 0 fully saturated rings. The maximum Gasteiger partial charge on any atom is 0.472 e. The molecule has 9 heteroatoms. The first-order chi connectivity index (χ1) is 33.0. The Morgan fingerprint density at radius 1 is 0.515 bits per heavy atom. The van der Waals surface area contributed by atoms with Gasteiger partial charge < -0.3 is 19.8 Å². The van der Waals surface area contributed by atoms with Crippen LogP contribution in [0.2, 0.25) is 0 Å². The van der Waals surface area contributed by atoms with Crippen molar-refractivity contribution in [3.05, 3.63) is 97.2 Å². The Labute approximate surface area is 419 Å². The van der Waals surface area contributed by atoms with E-state index in [4.69, 9.17) is 9.05 Å². The first-order valence-electron chi connectivity index (χ1n) is 27.6. The van der Waals surface area contributed by atoms with E-state index < -0.39 is 20.0 Å². The van der Waals surface area contributed by atoms with Gasteiger partial charge in [0.2, 0.25) is 5.91 Å². The normalized spacial score (nSPS) is 14.8. The Balaban J connectivity index is 3.89. The van der Waals surface area contributed by atoms with E-state index in [-0.39, 0.29) is 19.1 Å². The molecule has 8 nitrogen and oxygen atoms in total. The highest BCUT2D eigenvalue weighted by atomic mass is 31.2. The number of allylic oxidation sites excluding steroid dienone is 16. The summed E-state index contributed by atoms with van der Waals surface area (Å²) in [7, 11) is 1.60. The van der Waals surface area contributed by atoms with E-state index in [0.717, 1.165) is 89.9 Å². The smallest absolute Gasteiger partial charge is 0.391 e. The van der Waals surface area contributed by atoms with Crippen LogP contribution in [0.15, 0.2) is 97.2 Å². The van der Waals surface area contributed by atoms with Crippen LogP contribution < -0.4 is 5.32 Å². The van der Waals surface area contributed by atoms with Gasteiger partial charge in [0.05, 0.1) is 39.9 Å². The molecule has 0 spiro atoms. The Morgan fingerprint density at radius 2 is 0.882 bits per heavy atom. The minimum atomic E-state index is -4.31. The molecule has 68 heavy (non-hydrogen) atoms. The number of aliphatic hydroxyl groups excluding tert-OH is 1. The summed E-state index contributed by atoms with van der Waals surface area (Å²) >= 11 is 0. The quantitative estimate of drug-likeness (QED) is 0.0243. The lowest BCUT2D eigenvalue weighted by atomic mass is 10.0. The molecule has 0 aliphatic rings. The molecule has 3 unspecified atom stereocenters. The number of likely N-dealkylation sites (N-methyl/N-ethyl adjacent to an activating group) is 1. The van der Waals surface area contributed by atoms with Crippen molar-refractivity contribution < 1.29 is 32.9 Å². The van der Waals surface area contributed by atoms with Gasteiger partial charge in [0.25, 0.3) is 0 Å². The lowest BCUT2D eigenvalue weighted by molar-refractivity contribution is -0.870. The predicted molar refractivity (Wildman–Crippen MR) is 295 cm³/mol. The third kappa shape index (κ3) is 51.3. The Bertz CT molecular complexity index is 1420. The first-order valence-corrected chi connectivity index (χ1v) is 29.1. The van der Waals surface area contributed by atoms with Crippen molar-refractivity contribution in [1.82, 2.24) is 5.32 Å². The number of quaternary nitrogens is 1. The molecule has 0 aromatic rings. The zero-order valence-electron chi connectivity index (χ0n) is 44.6. The third-order valence-corrected chi connectivity index (χ3v) is 12.8. The van der Waals surface area contributed by atoms with E-state index >= 15 is 0 Å². The average Bonchev–Trinajstić information content (AvgIpc) is 3.30. The standard InChI is InChI=1S/C59H105N2O6P/c1-6-8-10-12-14-15-16-17-18-19-20-21-22-23-24-25-26-27-28-29-30-31-32-33-34-35-36-37-38-39-40-41-42-43-44-45-47-49-51-53-59(63)60-57(58(62)52-50-48-46-13-11-9-7-2)56-67-68(64,65)66-55-54-61(3,4)5/h8,10,14-15,17-18,20-21,23-24,26-27,29-30,32-33,57-58,62H,6-7,9,11-13,16,19,22,25,28,31,34-56H2,1-5H3,(H-,60,63,64,65)/p+1/b10-8-,15-14-,18-17-,21-20-,24-23-,27-26-,30-29-,33-32-. The van der Waals surface area contributed by atoms with Crippen LogP contribution in [0.25, 0.3) is 0 Å². The van der Waals surface area contributed by atoms with Gasteiger partial charge in [-0.2, -0.15) is 0 Å². The number of aliphatic hydroxyl groups is 1. The number of rotatable bonds is 49. The second kappa shape index (κ2) is 49.4. The minimum Gasteiger partial charge on any atom is -0.391 e. The maximum absolute atomic E-state index is 12.9. The molecule has 0 aliphatic heterocycles. The molecule has 392 valence electrons. The second-order valence-corrected chi connectivity index (χ2v) is 21.0. The molecule has 0 saturated heterocycles. The molecule has 0 aliphatic carbocycles. The summed E-state index contributed by atoms with van der Waals surface area (Å²) in [5, 5.41) is 13.9. The largest absolute Gasteiger partial charge is 0.472 e. The van der Waals surface area contributed by atoms with E-state index in [9.17, 15) is 19.4 Å². The first kappa shape index (κ1) is 65.4. The van der Waals surface area contributed by atoms with Gasteiger partial charge in [-0.15, -0.1) is 0 Å². The van der Waals surface area contributed by atoms with Crippen LogP contribution in [0.3, 0.4) is 0 Å². The molecular weight excluding hydrogens is 864 g/mol. The second-order valence-electron chi connectivity index (χ2n) is 19.6. The number of unbranched alkanes of at least 4 members (excludes halogenated alkanes) is 20. The number of phosphoric acid groups is 1. The third-order valence-electron chi connectivity index (χ3n) is 11.8. The number of carbonyl (C=O) groups is 1.